The number of carbonyl (C=O) groups excluding carboxylic acids is 2. The Morgan fingerprint density at radius 3 is 2.72 bits per heavy atom. The highest BCUT2D eigenvalue weighted by atomic mass is 19.1. The van der Waals surface area contributed by atoms with E-state index in [9.17, 15) is 18.4 Å². The van der Waals surface area contributed by atoms with E-state index in [1.54, 1.807) is 17.0 Å². The first-order valence-electron chi connectivity index (χ1n) is 8.04. The second-order valence-electron chi connectivity index (χ2n) is 6.07. The molecule has 25 heavy (non-hydrogen) atoms. The van der Waals surface area contributed by atoms with Gasteiger partial charge in [-0.25, -0.2) is 8.78 Å². The molecule has 1 fully saturated rings. The van der Waals surface area contributed by atoms with Gasteiger partial charge in [-0.15, -0.1) is 0 Å². The van der Waals surface area contributed by atoms with Crippen LogP contribution in [-0.2, 0) is 22.6 Å². The summed E-state index contributed by atoms with van der Waals surface area (Å²) in [4.78, 5) is 25.8. The second-order valence-corrected chi connectivity index (χ2v) is 6.07. The molecule has 1 aromatic carbocycles. The van der Waals surface area contributed by atoms with Crippen molar-refractivity contribution in [3.05, 3.63) is 59.6 Å². The smallest absolute Gasteiger partial charge is 0.225 e. The molecule has 5 nitrogen and oxygen atoms in total. The Kier molecular flexibility index (Phi) is 5.11. The van der Waals surface area contributed by atoms with Crippen LogP contribution in [0.1, 0.15) is 17.7 Å². The number of furan rings is 1. The molecule has 0 bridgehead atoms. The number of rotatable bonds is 6. The van der Waals surface area contributed by atoms with Crippen molar-refractivity contribution in [2.45, 2.75) is 19.4 Å². The molecule has 0 saturated carbocycles. The molecule has 1 atom stereocenters. The van der Waals surface area contributed by atoms with Gasteiger partial charge >= 0.3 is 0 Å². The highest BCUT2D eigenvalue weighted by molar-refractivity contribution is 5.89. The van der Waals surface area contributed by atoms with Crippen LogP contribution in [0.3, 0.4) is 0 Å². The molecule has 2 heterocycles. The number of carbonyl (C=O) groups is 2. The molecule has 132 valence electrons. The lowest BCUT2D eigenvalue weighted by atomic mass is 10.1. The minimum absolute atomic E-state index is 0.0937. The fraction of sp³-hybridized carbons (Fsp3) is 0.333. The Morgan fingerprint density at radius 1 is 1.28 bits per heavy atom. The maximum atomic E-state index is 13.1. The zero-order valence-electron chi connectivity index (χ0n) is 13.5. The summed E-state index contributed by atoms with van der Waals surface area (Å²) in [5.74, 6) is -1.36. The van der Waals surface area contributed by atoms with Crippen molar-refractivity contribution >= 4 is 11.8 Å². The third-order valence-electron chi connectivity index (χ3n) is 4.15. The maximum Gasteiger partial charge on any atom is 0.225 e. The standard InChI is InChI=1S/C18H18F2N2O3/c19-14-6-12(7-15(20)9-14)3-4-21-18(24)13-8-17(23)22(10-13)11-16-2-1-5-25-16/h1-2,5-7,9,13H,3-4,8,10-11H2,(H,21,24). The van der Waals surface area contributed by atoms with Gasteiger partial charge in [-0.3, -0.25) is 9.59 Å². The van der Waals surface area contributed by atoms with Crippen molar-refractivity contribution in [2.75, 3.05) is 13.1 Å². The molecule has 7 heteroatoms. The van der Waals surface area contributed by atoms with Gasteiger partial charge in [0.25, 0.3) is 0 Å². The van der Waals surface area contributed by atoms with Crippen LogP contribution >= 0.6 is 0 Å². The Morgan fingerprint density at radius 2 is 2.04 bits per heavy atom. The fourth-order valence-electron chi connectivity index (χ4n) is 2.92. The van der Waals surface area contributed by atoms with Crippen molar-refractivity contribution < 1.29 is 22.8 Å². The third-order valence-corrected chi connectivity index (χ3v) is 4.15. The first-order chi connectivity index (χ1) is 12.0. The lowest BCUT2D eigenvalue weighted by molar-refractivity contribution is -0.129. The highest BCUT2D eigenvalue weighted by Crippen LogP contribution is 2.20. The first-order valence-corrected chi connectivity index (χ1v) is 8.04. The van der Waals surface area contributed by atoms with E-state index in [1.807, 2.05) is 0 Å². The minimum Gasteiger partial charge on any atom is -0.467 e. The normalized spacial score (nSPS) is 17.1. The monoisotopic (exact) mass is 348 g/mol. The average molecular weight is 348 g/mol. The summed E-state index contributed by atoms with van der Waals surface area (Å²) >= 11 is 0. The number of benzene rings is 1. The highest BCUT2D eigenvalue weighted by Gasteiger charge is 2.34. The molecule has 1 aromatic heterocycles. The second kappa shape index (κ2) is 7.46. The molecule has 0 aliphatic carbocycles. The molecule has 1 aliphatic rings. The fourth-order valence-corrected chi connectivity index (χ4v) is 2.92. The van der Waals surface area contributed by atoms with E-state index in [0.717, 1.165) is 6.07 Å². The van der Waals surface area contributed by atoms with E-state index in [-0.39, 0.29) is 24.8 Å². The van der Waals surface area contributed by atoms with E-state index in [2.05, 4.69) is 5.32 Å². The maximum absolute atomic E-state index is 13.1. The zero-order chi connectivity index (χ0) is 17.8. The predicted molar refractivity (Wildman–Crippen MR) is 85.3 cm³/mol. The van der Waals surface area contributed by atoms with Gasteiger partial charge in [-0.05, 0) is 36.2 Å². The lowest BCUT2D eigenvalue weighted by Gasteiger charge is -2.15. The number of nitrogens with one attached hydrogen (secondary N) is 1. The Labute approximate surface area is 143 Å². The molecule has 1 N–H and O–H groups in total. The van der Waals surface area contributed by atoms with Gasteiger partial charge in [-0.2, -0.15) is 0 Å². The van der Waals surface area contributed by atoms with Crippen molar-refractivity contribution in [2.24, 2.45) is 5.92 Å². The van der Waals surface area contributed by atoms with Gasteiger partial charge in [0.15, 0.2) is 0 Å². The molecule has 1 aliphatic heterocycles. The number of hydrogen-bond acceptors (Lipinski definition) is 3. The predicted octanol–water partition coefficient (Wildman–Crippen LogP) is 2.27. The van der Waals surface area contributed by atoms with E-state index in [0.29, 0.717) is 30.8 Å². The van der Waals surface area contributed by atoms with Crippen LogP contribution in [0, 0.1) is 17.6 Å². The van der Waals surface area contributed by atoms with E-state index >= 15 is 0 Å². The summed E-state index contributed by atoms with van der Waals surface area (Å²) in [6.45, 7) is 0.933. The summed E-state index contributed by atoms with van der Waals surface area (Å²) in [7, 11) is 0. The van der Waals surface area contributed by atoms with E-state index in [4.69, 9.17) is 4.42 Å². The topological polar surface area (TPSA) is 62.6 Å². The molecule has 0 spiro atoms. The summed E-state index contributed by atoms with van der Waals surface area (Å²) in [5, 5.41) is 2.73. The van der Waals surface area contributed by atoms with Crippen LogP contribution < -0.4 is 5.32 Å². The number of halogens is 2. The summed E-state index contributed by atoms with van der Waals surface area (Å²) in [6.07, 6.45) is 2.01. The summed E-state index contributed by atoms with van der Waals surface area (Å²) < 4.78 is 31.5. The zero-order valence-corrected chi connectivity index (χ0v) is 13.5. The van der Waals surface area contributed by atoms with Crippen molar-refractivity contribution in [1.82, 2.24) is 10.2 Å². The van der Waals surface area contributed by atoms with Gasteiger partial charge in [0, 0.05) is 25.6 Å². The number of hydrogen-bond donors (Lipinski definition) is 1. The van der Waals surface area contributed by atoms with Gasteiger partial charge in [0.2, 0.25) is 11.8 Å². The molecular weight excluding hydrogens is 330 g/mol. The van der Waals surface area contributed by atoms with Gasteiger partial charge in [0.1, 0.15) is 17.4 Å². The van der Waals surface area contributed by atoms with E-state index in [1.165, 1.54) is 18.4 Å². The molecule has 2 amide bonds. The minimum atomic E-state index is -0.642. The number of likely N-dealkylation sites (tertiary alicyclic amines) is 1. The number of nitrogens with zero attached hydrogens (tertiary/aromatic N) is 1. The van der Waals surface area contributed by atoms with Crippen LogP contribution in [0.2, 0.25) is 0 Å². The SMILES string of the molecule is O=C(NCCc1cc(F)cc(F)c1)C1CC(=O)N(Cc2ccco2)C1. The quantitative estimate of drug-likeness (QED) is 0.871. The number of amides is 2. The first kappa shape index (κ1) is 17.1. The van der Waals surface area contributed by atoms with Crippen molar-refractivity contribution in [1.29, 1.82) is 0 Å². The Hall–Kier alpha value is -2.70. The van der Waals surface area contributed by atoms with Gasteiger partial charge < -0.3 is 14.6 Å². The molecule has 2 aromatic rings. The van der Waals surface area contributed by atoms with Crippen LogP contribution in [0.4, 0.5) is 8.78 Å². The Balaban J connectivity index is 1.47. The molecule has 3 rings (SSSR count). The molecule has 1 saturated heterocycles. The van der Waals surface area contributed by atoms with Gasteiger partial charge in [0.05, 0.1) is 18.7 Å². The Bertz CT molecular complexity index is 741. The molecule has 1 unspecified atom stereocenters. The largest absolute Gasteiger partial charge is 0.467 e. The van der Waals surface area contributed by atoms with Crippen LogP contribution in [-0.4, -0.2) is 29.8 Å². The summed E-state index contributed by atoms with van der Waals surface area (Å²) in [6, 6.07) is 6.80. The lowest BCUT2D eigenvalue weighted by Crippen LogP contribution is -2.34. The molecule has 0 radical (unpaired) electrons. The van der Waals surface area contributed by atoms with Gasteiger partial charge in [-0.1, -0.05) is 0 Å². The van der Waals surface area contributed by atoms with E-state index < -0.39 is 17.6 Å². The van der Waals surface area contributed by atoms with Crippen LogP contribution in [0.25, 0.3) is 0 Å². The third kappa shape index (κ3) is 4.43. The van der Waals surface area contributed by atoms with Crippen molar-refractivity contribution in [3.63, 3.8) is 0 Å². The summed E-state index contributed by atoms with van der Waals surface area (Å²) in [5.41, 5.74) is 0.472. The van der Waals surface area contributed by atoms with Crippen LogP contribution in [0.5, 0.6) is 0 Å². The molecular formula is C18H18F2N2O3. The van der Waals surface area contributed by atoms with Crippen LogP contribution in [0.15, 0.2) is 41.0 Å². The van der Waals surface area contributed by atoms with Crippen molar-refractivity contribution in [3.8, 4) is 0 Å². The average Bonchev–Trinajstić information content (AvgIpc) is 3.17.